The van der Waals surface area contributed by atoms with Gasteiger partial charge in [-0.3, -0.25) is 14.7 Å². The Hall–Kier alpha value is -3.06. The summed E-state index contributed by atoms with van der Waals surface area (Å²) in [5.74, 6) is 1.79. The molecule has 1 aromatic carbocycles. The zero-order valence-electron chi connectivity index (χ0n) is 16.8. The number of amides is 1. The average Bonchev–Trinajstić information content (AvgIpc) is 3.28. The van der Waals surface area contributed by atoms with Crippen molar-refractivity contribution >= 4 is 5.91 Å². The minimum absolute atomic E-state index is 0.0429. The Balaban J connectivity index is 1.13. The summed E-state index contributed by atoms with van der Waals surface area (Å²) in [6.45, 7) is 2.70. The average molecular weight is 403 g/mol. The molecule has 5 rings (SSSR count). The highest BCUT2D eigenvalue weighted by atomic mass is 16.4. The summed E-state index contributed by atoms with van der Waals surface area (Å²) >= 11 is 0. The molecular formula is C23H25N5O2. The van der Waals surface area contributed by atoms with Crippen molar-refractivity contribution in [2.24, 2.45) is 5.92 Å². The van der Waals surface area contributed by atoms with Crippen molar-refractivity contribution in [1.29, 1.82) is 0 Å². The summed E-state index contributed by atoms with van der Waals surface area (Å²) in [5.41, 5.74) is 2.87. The predicted molar refractivity (Wildman–Crippen MR) is 112 cm³/mol. The number of nitrogens with one attached hydrogen (secondary N) is 1. The Labute approximate surface area is 175 Å². The Kier molecular flexibility index (Phi) is 5.27. The van der Waals surface area contributed by atoms with E-state index in [0.717, 1.165) is 49.9 Å². The normalized spacial score (nSPS) is 19.1. The molecule has 1 N–H and O–H groups in total. The van der Waals surface area contributed by atoms with E-state index < -0.39 is 0 Å². The van der Waals surface area contributed by atoms with Crippen molar-refractivity contribution in [2.45, 2.75) is 38.3 Å². The summed E-state index contributed by atoms with van der Waals surface area (Å²) < 4.78 is 5.81. The van der Waals surface area contributed by atoms with Crippen LogP contribution >= 0.6 is 0 Å². The van der Waals surface area contributed by atoms with Gasteiger partial charge < -0.3 is 9.73 Å². The molecule has 3 aromatic rings. The Morgan fingerprint density at radius 2 is 2.00 bits per heavy atom. The molecule has 1 atom stereocenters. The summed E-state index contributed by atoms with van der Waals surface area (Å²) in [7, 11) is 0. The molecule has 0 bridgehead atoms. The van der Waals surface area contributed by atoms with E-state index in [1.165, 1.54) is 5.56 Å². The van der Waals surface area contributed by atoms with Crippen LogP contribution in [0.3, 0.4) is 0 Å². The van der Waals surface area contributed by atoms with Crippen molar-refractivity contribution in [3.63, 3.8) is 0 Å². The highest BCUT2D eigenvalue weighted by molar-refractivity contribution is 5.94. The molecule has 154 valence electrons. The van der Waals surface area contributed by atoms with Crippen LogP contribution in [0.4, 0.5) is 0 Å². The summed E-state index contributed by atoms with van der Waals surface area (Å²) in [6.07, 6.45) is 7.83. The molecule has 7 nitrogen and oxygen atoms in total. The van der Waals surface area contributed by atoms with Gasteiger partial charge >= 0.3 is 0 Å². The number of carbonyl (C=O) groups excluding carboxylic acids is 1. The number of likely N-dealkylation sites (tertiary alicyclic amines) is 1. The maximum absolute atomic E-state index is 12.1. The van der Waals surface area contributed by atoms with Gasteiger partial charge in [-0.25, -0.2) is 0 Å². The summed E-state index contributed by atoms with van der Waals surface area (Å²) in [6, 6.07) is 12.2. The number of aromatic nitrogens is 3. The van der Waals surface area contributed by atoms with E-state index in [9.17, 15) is 4.79 Å². The zero-order valence-corrected chi connectivity index (χ0v) is 16.8. The van der Waals surface area contributed by atoms with Crippen LogP contribution in [0.2, 0.25) is 0 Å². The minimum Gasteiger partial charge on any atom is -0.419 e. The number of hydrogen-bond donors (Lipinski definition) is 1. The third kappa shape index (κ3) is 4.57. The fourth-order valence-electron chi connectivity index (χ4n) is 3.96. The van der Waals surface area contributed by atoms with Crippen molar-refractivity contribution in [1.82, 2.24) is 25.4 Å². The first kappa shape index (κ1) is 18.9. The highest BCUT2D eigenvalue weighted by Crippen LogP contribution is 2.24. The van der Waals surface area contributed by atoms with Crippen molar-refractivity contribution in [3.8, 4) is 11.5 Å². The van der Waals surface area contributed by atoms with E-state index in [4.69, 9.17) is 4.42 Å². The van der Waals surface area contributed by atoms with Crippen LogP contribution in [0.25, 0.3) is 11.5 Å². The third-order valence-corrected chi connectivity index (χ3v) is 5.76. The number of carbonyl (C=O) groups is 1. The molecule has 2 aromatic heterocycles. The molecule has 1 amide bonds. The third-order valence-electron chi connectivity index (χ3n) is 5.76. The first-order valence-electron chi connectivity index (χ1n) is 10.6. The Bertz CT molecular complexity index is 998. The Morgan fingerprint density at radius 3 is 2.77 bits per heavy atom. The van der Waals surface area contributed by atoms with Gasteiger partial charge in [0.1, 0.15) is 0 Å². The van der Waals surface area contributed by atoms with Gasteiger partial charge in [-0.2, -0.15) is 0 Å². The van der Waals surface area contributed by atoms with Crippen LogP contribution in [0, 0.1) is 5.92 Å². The second kappa shape index (κ2) is 8.36. The van der Waals surface area contributed by atoms with Gasteiger partial charge in [0.05, 0.1) is 12.1 Å². The number of hydrogen-bond acceptors (Lipinski definition) is 6. The van der Waals surface area contributed by atoms with E-state index in [0.29, 0.717) is 30.3 Å². The topological polar surface area (TPSA) is 84.2 Å². The van der Waals surface area contributed by atoms with Crippen molar-refractivity contribution < 1.29 is 9.21 Å². The van der Waals surface area contributed by atoms with Crippen molar-refractivity contribution in [3.05, 3.63) is 65.8 Å². The quantitative estimate of drug-likeness (QED) is 0.653. The van der Waals surface area contributed by atoms with Gasteiger partial charge in [-0.1, -0.05) is 12.1 Å². The molecule has 2 aliphatic rings. The molecule has 2 fully saturated rings. The van der Waals surface area contributed by atoms with Gasteiger partial charge in [0.2, 0.25) is 11.8 Å². The summed E-state index contributed by atoms with van der Waals surface area (Å²) in [5, 5.41) is 11.4. The smallest absolute Gasteiger partial charge is 0.251 e. The molecule has 0 radical (unpaired) electrons. The monoisotopic (exact) mass is 403 g/mol. The van der Waals surface area contributed by atoms with E-state index in [-0.39, 0.29) is 5.91 Å². The van der Waals surface area contributed by atoms with Crippen molar-refractivity contribution in [2.75, 3.05) is 13.1 Å². The van der Waals surface area contributed by atoms with Gasteiger partial charge in [0.25, 0.3) is 5.91 Å². The van der Waals surface area contributed by atoms with Crippen LogP contribution in [0.5, 0.6) is 0 Å². The molecule has 7 heteroatoms. The number of rotatable bonds is 7. The number of nitrogens with zero attached hydrogens (tertiary/aromatic N) is 4. The maximum atomic E-state index is 12.1. The van der Waals surface area contributed by atoms with Crippen LogP contribution < -0.4 is 5.32 Å². The molecule has 0 spiro atoms. The lowest BCUT2D eigenvalue weighted by Crippen LogP contribution is -2.25. The SMILES string of the molecule is O=C(NC1CC1)c1ccc(CC2CCN(Cc3nnc(-c4cccnc4)o3)C2)cc1. The Morgan fingerprint density at radius 1 is 1.13 bits per heavy atom. The zero-order chi connectivity index (χ0) is 20.3. The predicted octanol–water partition coefficient (Wildman–Crippen LogP) is 3.09. The van der Waals surface area contributed by atoms with Crippen LogP contribution in [0.15, 0.2) is 53.2 Å². The lowest BCUT2D eigenvalue weighted by molar-refractivity contribution is 0.0951. The van der Waals surface area contributed by atoms with Gasteiger partial charge in [0, 0.05) is 30.5 Å². The lowest BCUT2D eigenvalue weighted by Gasteiger charge is -2.14. The fraction of sp³-hybridized carbons (Fsp3) is 0.391. The van der Waals surface area contributed by atoms with Crippen LogP contribution in [-0.2, 0) is 13.0 Å². The van der Waals surface area contributed by atoms with E-state index in [1.807, 2.05) is 24.3 Å². The largest absolute Gasteiger partial charge is 0.419 e. The first-order chi connectivity index (χ1) is 14.7. The molecule has 30 heavy (non-hydrogen) atoms. The first-order valence-corrected chi connectivity index (χ1v) is 10.6. The second-order valence-corrected chi connectivity index (χ2v) is 8.28. The van der Waals surface area contributed by atoms with Gasteiger partial charge in [-0.15, -0.1) is 10.2 Å². The molecule has 1 saturated heterocycles. The van der Waals surface area contributed by atoms with E-state index in [2.05, 4.69) is 37.5 Å². The standard InChI is InChI=1S/C23H25N5O2/c29-22(25-20-7-8-20)18-5-3-16(4-6-18)12-17-9-11-28(14-17)15-21-26-27-23(30-21)19-2-1-10-24-13-19/h1-6,10,13,17,20H,7-9,11-12,14-15H2,(H,25,29). The molecular weight excluding hydrogens is 378 g/mol. The molecule has 1 aliphatic carbocycles. The maximum Gasteiger partial charge on any atom is 0.251 e. The molecule has 1 saturated carbocycles. The van der Waals surface area contributed by atoms with Crippen LogP contribution in [0.1, 0.15) is 41.1 Å². The second-order valence-electron chi connectivity index (χ2n) is 8.28. The van der Waals surface area contributed by atoms with E-state index >= 15 is 0 Å². The molecule has 1 unspecified atom stereocenters. The van der Waals surface area contributed by atoms with Gasteiger partial charge in [0.15, 0.2) is 0 Å². The van der Waals surface area contributed by atoms with Gasteiger partial charge in [-0.05, 0) is 68.0 Å². The molecule has 3 heterocycles. The minimum atomic E-state index is 0.0429. The highest BCUT2D eigenvalue weighted by Gasteiger charge is 2.25. The lowest BCUT2D eigenvalue weighted by atomic mass is 9.98. The van der Waals surface area contributed by atoms with E-state index in [1.54, 1.807) is 12.4 Å². The fourth-order valence-corrected chi connectivity index (χ4v) is 3.96. The van der Waals surface area contributed by atoms with Crippen LogP contribution in [-0.4, -0.2) is 45.1 Å². The summed E-state index contributed by atoms with van der Waals surface area (Å²) in [4.78, 5) is 18.6. The molecule has 1 aliphatic heterocycles. The number of benzene rings is 1. The number of pyridine rings is 1.